The van der Waals surface area contributed by atoms with Crippen LogP contribution < -0.4 is 0 Å². The van der Waals surface area contributed by atoms with Gasteiger partial charge in [-0.2, -0.15) is 0 Å². The number of carbonyl (C=O) groups excluding carboxylic acids is 2. The molecule has 0 aromatic carbocycles. The van der Waals surface area contributed by atoms with Crippen molar-refractivity contribution in [3.8, 4) is 0 Å². The molecule has 1 saturated carbocycles. The van der Waals surface area contributed by atoms with Crippen molar-refractivity contribution in [2.75, 3.05) is 6.61 Å². The van der Waals surface area contributed by atoms with E-state index in [-0.39, 0.29) is 29.5 Å². The third kappa shape index (κ3) is 2.14. The third-order valence-corrected chi connectivity index (χ3v) is 6.42. The quantitative estimate of drug-likeness (QED) is 0.351. The van der Waals surface area contributed by atoms with Crippen LogP contribution in [-0.4, -0.2) is 36.4 Å². The van der Waals surface area contributed by atoms with Gasteiger partial charge < -0.3 is 18.6 Å². The molecular weight excluding hydrogens is 336 g/mol. The highest BCUT2D eigenvalue weighted by molar-refractivity contribution is 5.92. The van der Waals surface area contributed by atoms with E-state index in [2.05, 4.69) is 19.6 Å². The summed E-state index contributed by atoms with van der Waals surface area (Å²) in [6.45, 7) is 6.67. The molecule has 5 rings (SSSR count). The van der Waals surface area contributed by atoms with Gasteiger partial charge in [0.15, 0.2) is 0 Å². The van der Waals surface area contributed by atoms with Crippen molar-refractivity contribution < 1.29 is 28.2 Å². The minimum Gasteiger partial charge on any atom is -0.472 e. The number of hydrogen-bond acceptors (Lipinski definition) is 6. The summed E-state index contributed by atoms with van der Waals surface area (Å²) in [5.74, 6) is -0.884. The van der Waals surface area contributed by atoms with Crippen molar-refractivity contribution in [3.05, 3.63) is 48.0 Å². The largest absolute Gasteiger partial charge is 0.472 e. The maximum Gasteiger partial charge on any atom is 0.341 e. The average molecular weight is 356 g/mol. The molecule has 0 N–H and O–H groups in total. The fourth-order valence-corrected chi connectivity index (χ4v) is 5.03. The SMILES string of the molecule is C=C1C(=O)O[C@@H]2[C@H]3C(C)=CC[C@H]3[C@]3(CO3)C[C@@H](OC(=O)c3ccoc3)[C@@H]12. The summed E-state index contributed by atoms with van der Waals surface area (Å²) in [7, 11) is 0. The Bertz CT molecular complexity index is 815. The molecular formula is C20H20O6. The molecule has 0 amide bonds. The summed E-state index contributed by atoms with van der Waals surface area (Å²) in [5.41, 5.74) is 1.64. The second-order valence-electron chi connectivity index (χ2n) is 7.75. The predicted octanol–water partition coefficient (Wildman–Crippen LogP) is 2.66. The first kappa shape index (κ1) is 15.9. The highest BCUT2D eigenvalue weighted by atomic mass is 16.6. The number of furan rings is 1. The van der Waals surface area contributed by atoms with E-state index < -0.39 is 18.0 Å². The molecule has 6 heteroatoms. The summed E-state index contributed by atoms with van der Waals surface area (Å²) >= 11 is 0. The number of ether oxygens (including phenoxy) is 3. The van der Waals surface area contributed by atoms with E-state index in [9.17, 15) is 9.59 Å². The van der Waals surface area contributed by atoms with Gasteiger partial charge >= 0.3 is 11.9 Å². The van der Waals surface area contributed by atoms with Crippen molar-refractivity contribution in [3.63, 3.8) is 0 Å². The molecule has 0 radical (unpaired) electrons. The lowest BCUT2D eigenvalue weighted by Gasteiger charge is -2.29. The van der Waals surface area contributed by atoms with Gasteiger partial charge in [0.05, 0.1) is 30.0 Å². The number of allylic oxidation sites excluding steroid dienone is 1. The maximum atomic E-state index is 12.5. The van der Waals surface area contributed by atoms with Crippen molar-refractivity contribution >= 4 is 11.9 Å². The molecule has 3 fully saturated rings. The lowest BCUT2D eigenvalue weighted by atomic mass is 9.78. The molecule has 26 heavy (non-hydrogen) atoms. The zero-order valence-corrected chi connectivity index (χ0v) is 14.5. The third-order valence-electron chi connectivity index (χ3n) is 6.42. The standard InChI is InChI=1S/C20H20O6/c1-10-3-4-13-15(10)17-16(11(2)18(21)26-17)14(7-20(13)9-24-20)25-19(22)12-5-6-23-8-12/h3,5-6,8,13-17H,2,4,7,9H2,1H3/t13-,14-,15+,16-,17-,20-/m1/s1. The summed E-state index contributed by atoms with van der Waals surface area (Å²) in [6.07, 6.45) is 5.57. The van der Waals surface area contributed by atoms with E-state index in [1.807, 2.05) is 0 Å². The van der Waals surface area contributed by atoms with E-state index in [1.165, 1.54) is 18.1 Å². The van der Waals surface area contributed by atoms with Crippen LogP contribution >= 0.6 is 0 Å². The Hall–Kier alpha value is -2.34. The van der Waals surface area contributed by atoms with Crippen LogP contribution in [0.1, 0.15) is 30.1 Å². The highest BCUT2D eigenvalue weighted by Gasteiger charge is 2.65. The smallest absolute Gasteiger partial charge is 0.341 e. The molecule has 2 aliphatic carbocycles. The van der Waals surface area contributed by atoms with Gasteiger partial charge in [-0.15, -0.1) is 0 Å². The fourth-order valence-electron chi connectivity index (χ4n) is 5.03. The van der Waals surface area contributed by atoms with Gasteiger partial charge in [-0.3, -0.25) is 0 Å². The van der Waals surface area contributed by atoms with Crippen molar-refractivity contribution in [2.45, 2.75) is 37.6 Å². The van der Waals surface area contributed by atoms with Gasteiger partial charge in [0.25, 0.3) is 0 Å². The zero-order valence-electron chi connectivity index (χ0n) is 14.5. The van der Waals surface area contributed by atoms with Gasteiger partial charge in [-0.05, 0) is 19.4 Å². The molecule has 6 atom stereocenters. The van der Waals surface area contributed by atoms with Gasteiger partial charge in [0.2, 0.25) is 0 Å². The van der Waals surface area contributed by atoms with E-state index in [0.717, 1.165) is 6.42 Å². The number of esters is 2. The fraction of sp³-hybridized carbons (Fsp3) is 0.500. The number of epoxide rings is 1. The lowest BCUT2D eigenvalue weighted by molar-refractivity contribution is -0.141. The van der Waals surface area contributed by atoms with Crippen LogP contribution in [-0.2, 0) is 19.0 Å². The Morgan fingerprint density at radius 3 is 2.88 bits per heavy atom. The van der Waals surface area contributed by atoms with E-state index in [0.29, 0.717) is 24.2 Å². The van der Waals surface area contributed by atoms with Gasteiger partial charge in [0, 0.05) is 23.8 Å². The van der Waals surface area contributed by atoms with E-state index >= 15 is 0 Å². The van der Waals surface area contributed by atoms with Crippen LogP contribution in [0.5, 0.6) is 0 Å². The average Bonchev–Trinajstić information content (AvgIpc) is 2.98. The molecule has 1 aromatic heterocycles. The first-order valence-corrected chi connectivity index (χ1v) is 8.94. The minimum absolute atomic E-state index is 0.0864. The van der Waals surface area contributed by atoms with Crippen LogP contribution in [0, 0.1) is 17.8 Å². The predicted molar refractivity (Wildman–Crippen MR) is 89.1 cm³/mol. The topological polar surface area (TPSA) is 78.3 Å². The first-order valence-electron chi connectivity index (χ1n) is 8.94. The first-order chi connectivity index (χ1) is 12.5. The van der Waals surface area contributed by atoms with Crippen molar-refractivity contribution in [1.82, 2.24) is 0 Å². The van der Waals surface area contributed by atoms with Crippen LogP contribution in [0.3, 0.4) is 0 Å². The van der Waals surface area contributed by atoms with Crippen molar-refractivity contribution in [1.29, 1.82) is 0 Å². The van der Waals surface area contributed by atoms with E-state index in [4.69, 9.17) is 18.6 Å². The number of hydrogen-bond donors (Lipinski definition) is 0. The number of carbonyl (C=O) groups is 2. The molecule has 1 aromatic rings. The van der Waals surface area contributed by atoms with Crippen LogP contribution in [0.25, 0.3) is 0 Å². The normalized spacial score (nSPS) is 40.5. The number of rotatable bonds is 2. The Morgan fingerprint density at radius 1 is 1.38 bits per heavy atom. The van der Waals surface area contributed by atoms with E-state index in [1.54, 1.807) is 6.07 Å². The van der Waals surface area contributed by atoms with Gasteiger partial charge in [0.1, 0.15) is 18.5 Å². The zero-order chi connectivity index (χ0) is 18.1. The Kier molecular flexibility index (Phi) is 3.26. The molecule has 0 bridgehead atoms. The second kappa shape index (κ2) is 5.33. The van der Waals surface area contributed by atoms with Crippen LogP contribution in [0.2, 0.25) is 0 Å². The molecule has 6 nitrogen and oxygen atoms in total. The summed E-state index contributed by atoms with van der Waals surface area (Å²) < 4.78 is 22.4. The molecule has 2 aliphatic heterocycles. The van der Waals surface area contributed by atoms with Crippen LogP contribution in [0.15, 0.2) is 46.8 Å². The minimum atomic E-state index is -0.512. The monoisotopic (exact) mass is 356 g/mol. The highest BCUT2D eigenvalue weighted by Crippen LogP contribution is 2.58. The van der Waals surface area contributed by atoms with Gasteiger partial charge in [-0.1, -0.05) is 18.2 Å². The molecule has 136 valence electrons. The molecule has 3 heterocycles. The maximum absolute atomic E-state index is 12.5. The second-order valence-corrected chi connectivity index (χ2v) is 7.75. The molecule has 1 spiro atoms. The van der Waals surface area contributed by atoms with Gasteiger partial charge in [-0.25, -0.2) is 9.59 Å². The summed E-state index contributed by atoms with van der Waals surface area (Å²) in [6, 6.07) is 1.56. The number of fused-ring (bicyclic) bond motifs is 4. The molecule has 4 aliphatic rings. The molecule has 0 unspecified atom stereocenters. The summed E-state index contributed by atoms with van der Waals surface area (Å²) in [5, 5.41) is 0. The Morgan fingerprint density at radius 2 is 2.19 bits per heavy atom. The Labute approximate surface area is 150 Å². The van der Waals surface area contributed by atoms with Crippen molar-refractivity contribution in [2.24, 2.45) is 17.8 Å². The van der Waals surface area contributed by atoms with Crippen LogP contribution in [0.4, 0.5) is 0 Å². The summed E-state index contributed by atoms with van der Waals surface area (Å²) in [4.78, 5) is 24.8. The molecule has 2 saturated heterocycles. The lowest BCUT2D eigenvalue weighted by Crippen LogP contribution is -2.36. The Balaban J connectivity index is 1.52.